The molecule has 2 aromatic rings. The summed E-state index contributed by atoms with van der Waals surface area (Å²) in [5.41, 5.74) is 7.11. The Hall–Kier alpha value is -1.91. The number of ether oxygens (including phenoxy) is 1. The minimum Gasteiger partial charge on any atom is -0.491 e. The second kappa shape index (κ2) is 6.70. The molecule has 4 nitrogen and oxygen atoms in total. The van der Waals surface area contributed by atoms with Crippen molar-refractivity contribution < 1.29 is 9.53 Å². The Morgan fingerprint density at radius 3 is 2.52 bits per heavy atom. The third-order valence-corrected chi connectivity index (χ3v) is 3.14. The van der Waals surface area contributed by atoms with Crippen molar-refractivity contribution in [1.29, 1.82) is 0 Å². The van der Waals surface area contributed by atoms with Gasteiger partial charge in [-0.1, -0.05) is 29.3 Å². The minimum atomic E-state index is -0.343. The minimum absolute atomic E-state index is 0.343. The van der Waals surface area contributed by atoms with Gasteiger partial charge in [0.25, 0.3) is 5.91 Å². The number of amides is 1. The summed E-state index contributed by atoms with van der Waals surface area (Å²) in [7, 11) is 0. The van der Waals surface area contributed by atoms with E-state index in [0.29, 0.717) is 39.3 Å². The average molecular weight is 325 g/mol. The van der Waals surface area contributed by atoms with Crippen LogP contribution >= 0.6 is 23.2 Å². The third kappa shape index (κ3) is 3.80. The van der Waals surface area contributed by atoms with Crippen LogP contribution in [0.25, 0.3) is 0 Å². The van der Waals surface area contributed by atoms with E-state index in [9.17, 15) is 4.79 Å². The molecule has 0 spiro atoms. The van der Waals surface area contributed by atoms with Gasteiger partial charge in [0, 0.05) is 15.7 Å². The highest BCUT2D eigenvalue weighted by molar-refractivity contribution is 6.35. The molecule has 21 heavy (non-hydrogen) atoms. The van der Waals surface area contributed by atoms with Crippen molar-refractivity contribution in [2.75, 3.05) is 17.7 Å². The van der Waals surface area contributed by atoms with Crippen molar-refractivity contribution in [2.45, 2.75) is 6.92 Å². The van der Waals surface area contributed by atoms with Crippen LogP contribution in [-0.2, 0) is 0 Å². The number of nitrogens with one attached hydrogen (secondary N) is 1. The van der Waals surface area contributed by atoms with Crippen molar-refractivity contribution in [2.24, 2.45) is 0 Å². The lowest BCUT2D eigenvalue weighted by molar-refractivity contribution is 0.102. The first-order chi connectivity index (χ1) is 10.0. The van der Waals surface area contributed by atoms with Crippen LogP contribution in [0.1, 0.15) is 17.3 Å². The molecule has 0 bridgehead atoms. The smallest absolute Gasteiger partial charge is 0.259 e. The Labute approximate surface area is 132 Å². The molecule has 0 atom stereocenters. The monoisotopic (exact) mass is 324 g/mol. The summed E-state index contributed by atoms with van der Waals surface area (Å²) in [4.78, 5) is 12.4. The number of carbonyl (C=O) groups excluding carboxylic acids is 1. The number of hydrogen-bond acceptors (Lipinski definition) is 3. The number of nitrogens with two attached hydrogens (primary N) is 1. The molecule has 110 valence electrons. The van der Waals surface area contributed by atoms with Crippen LogP contribution in [0.3, 0.4) is 0 Å². The van der Waals surface area contributed by atoms with Gasteiger partial charge in [0.1, 0.15) is 0 Å². The van der Waals surface area contributed by atoms with Crippen LogP contribution in [-0.4, -0.2) is 12.5 Å². The maximum atomic E-state index is 12.4. The normalized spacial score (nSPS) is 10.2. The van der Waals surface area contributed by atoms with Gasteiger partial charge in [0.05, 0.1) is 17.9 Å². The Kier molecular flexibility index (Phi) is 4.94. The number of carbonyl (C=O) groups is 1. The highest BCUT2D eigenvalue weighted by Gasteiger charge is 2.15. The van der Waals surface area contributed by atoms with Crippen LogP contribution in [0.4, 0.5) is 11.4 Å². The van der Waals surface area contributed by atoms with Gasteiger partial charge in [-0.15, -0.1) is 0 Å². The molecular weight excluding hydrogens is 311 g/mol. The molecule has 2 aromatic carbocycles. The first kappa shape index (κ1) is 15.5. The summed E-state index contributed by atoms with van der Waals surface area (Å²) >= 11 is 11.8. The Morgan fingerprint density at radius 1 is 1.24 bits per heavy atom. The van der Waals surface area contributed by atoms with Gasteiger partial charge in [-0.05, 0) is 37.3 Å². The summed E-state index contributed by atoms with van der Waals surface area (Å²) < 4.78 is 5.44. The molecule has 0 aliphatic heterocycles. The van der Waals surface area contributed by atoms with Crippen molar-refractivity contribution in [3.63, 3.8) is 0 Å². The second-order valence-corrected chi connectivity index (χ2v) is 5.14. The fourth-order valence-corrected chi connectivity index (χ4v) is 2.39. The molecule has 0 aliphatic rings. The van der Waals surface area contributed by atoms with E-state index in [4.69, 9.17) is 33.7 Å². The van der Waals surface area contributed by atoms with Crippen LogP contribution in [0.15, 0.2) is 36.4 Å². The van der Waals surface area contributed by atoms with Gasteiger partial charge < -0.3 is 15.8 Å². The van der Waals surface area contributed by atoms with Gasteiger partial charge in [-0.3, -0.25) is 4.79 Å². The molecule has 0 heterocycles. The maximum Gasteiger partial charge on any atom is 0.259 e. The largest absolute Gasteiger partial charge is 0.491 e. The van der Waals surface area contributed by atoms with E-state index >= 15 is 0 Å². The number of rotatable bonds is 4. The molecule has 6 heteroatoms. The summed E-state index contributed by atoms with van der Waals surface area (Å²) in [5, 5.41) is 3.60. The predicted octanol–water partition coefficient (Wildman–Crippen LogP) is 4.23. The predicted molar refractivity (Wildman–Crippen MR) is 86.4 cm³/mol. The molecule has 2 rings (SSSR count). The SMILES string of the molecule is CCOc1c(N)cccc1C(=O)Nc1cc(Cl)cc(Cl)c1. The zero-order valence-corrected chi connectivity index (χ0v) is 12.8. The number of nitrogen functional groups attached to an aromatic ring is 1. The standard InChI is InChI=1S/C15H14Cl2N2O2/c1-2-21-14-12(4-3-5-13(14)18)15(20)19-11-7-9(16)6-10(17)8-11/h3-8H,2,18H2,1H3,(H,19,20). The van der Waals surface area contributed by atoms with Crippen molar-refractivity contribution >= 4 is 40.5 Å². The van der Waals surface area contributed by atoms with Crippen LogP contribution in [0, 0.1) is 0 Å². The van der Waals surface area contributed by atoms with Crippen molar-refractivity contribution in [3.8, 4) is 5.75 Å². The van der Waals surface area contributed by atoms with Crippen LogP contribution < -0.4 is 15.8 Å². The molecule has 0 fully saturated rings. The molecule has 0 saturated heterocycles. The number of para-hydroxylation sites is 1. The van der Waals surface area contributed by atoms with Gasteiger partial charge in [-0.25, -0.2) is 0 Å². The van der Waals surface area contributed by atoms with E-state index in [1.807, 2.05) is 6.92 Å². The molecule has 0 aliphatic carbocycles. The third-order valence-electron chi connectivity index (χ3n) is 2.70. The highest BCUT2D eigenvalue weighted by atomic mass is 35.5. The molecule has 0 unspecified atom stereocenters. The van der Waals surface area contributed by atoms with E-state index in [1.54, 1.807) is 36.4 Å². The summed E-state index contributed by atoms with van der Waals surface area (Å²) in [6.45, 7) is 2.24. The molecule has 1 amide bonds. The lowest BCUT2D eigenvalue weighted by Gasteiger charge is -2.13. The van der Waals surface area contributed by atoms with Gasteiger partial charge >= 0.3 is 0 Å². The fraction of sp³-hybridized carbons (Fsp3) is 0.133. The highest BCUT2D eigenvalue weighted by Crippen LogP contribution is 2.28. The Morgan fingerprint density at radius 2 is 1.90 bits per heavy atom. The average Bonchev–Trinajstić information content (AvgIpc) is 2.40. The Balaban J connectivity index is 2.30. The molecular formula is C15H14Cl2N2O2. The number of halogens is 2. The molecule has 0 saturated carbocycles. The van der Waals surface area contributed by atoms with E-state index in [-0.39, 0.29) is 5.91 Å². The number of hydrogen-bond donors (Lipinski definition) is 2. The first-order valence-electron chi connectivity index (χ1n) is 6.30. The van der Waals surface area contributed by atoms with Crippen LogP contribution in [0.5, 0.6) is 5.75 Å². The Bertz CT molecular complexity index is 654. The zero-order chi connectivity index (χ0) is 15.4. The molecule has 0 radical (unpaired) electrons. The molecule has 3 N–H and O–H groups in total. The quantitative estimate of drug-likeness (QED) is 0.827. The van der Waals surface area contributed by atoms with Crippen LogP contribution in [0.2, 0.25) is 10.0 Å². The van der Waals surface area contributed by atoms with E-state index in [0.717, 1.165) is 0 Å². The van der Waals surface area contributed by atoms with Gasteiger partial charge in [0.15, 0.2) is 5.75 Å². The number of anilines is 2. The topological polar surface area (TPSA) is 64.3 Å². The summed E-state index contributed by atoms with van der Waals surface area (Å²) in [5.74, 6) is 0.0229. The number of benzene rings is 2. The van der Waals surface area contributed by atoms with E-state index in [2.05, 4.69) is 5.32 Å². The summed E-state index contributed by atoms with van der Waals surface area (Å²) in [6, 6.07) is 9.82. The lowest BCUT2D eigenvalue weighted by atomic mass is 10.1. The zero-order valence-electron chi connectivity index (χ0n) is 11.3. The maximum absolute atomic E-state index is 12.4. The first-order valence-corrected chi connectivity index (χ1v) is 7.05. The van der Waals surface area contributed by atoms with Gasteiger partial charge in [0.2, 0.25) is 0 Å². The fourth-order valence-electron chi connectivity index (χ4n) is 1.86. The van der Waals surface area contributed by atoms with E-state index in [1.165, 1.54) is 0 Å². The van der Waals surface area contributed by atoms with E-state index < -0.39 is 0 Å². The second-order valence-electron chi connectivity index (χ2n) is 4.27. The lowest BCUT2D eigenvalue weighted by Crippen LogP contribution is -2.14. The van der Waals surface area contributed by atoms with Crippen molar-refractivity contribution in [3.05, 3.63) is 52.0 Å². The van der Waals surface area contributed by atoms with Crippen molar-refractivity contribution in [1.82, 2.24) is 0 Å². The summed E-state index contributed by atoms with van der Waals surface area (Å²) in [6.07, 6.45) is 0. The van der Waals surface area contributed by atoms with Gasteiger partial charge in [-0.2, -0.15) is 0 Å². The molecule has 0 aromatic heterocycles.